The van der Waals surface area contributed by atoms with Crippen LogP contribution in [0.2, 0.25) is 0 Å². The Morgan fingerprint density at radius 1 is 1.62 bits per heavy atom. The van der Waals surface area contributed by atoms with E-state index < -0.39 is 0 Å². The summed E-state index contributed by atoms with van der Waals surface area (Å²) in [6.07, 6.45) is 0. The summed E-state index contributed by atoms with van der Waals surface area (Å²) in [5, 5.41) is 0.113. The first-order valence-corrected chi connectivity index (χ1v) is 3.11. The predicted octanol–water partition coefficient (Wildman–Crippen LogP) is 1.52. The van der Waals surface area contributed by atoms with E-state index in [0.29, 0.717) is 6.61 Å². The maximum Gasteiger partial charge on any atom is 0.353 e. The van der Waals surface area contributed by atoms with Crippen molar-refractivity contribution in [3.05, 3.63) is 0 Å². The van der Waals surface area contributed by atoms with Crippen molar-refractivity contribution in [2.75, 3.05) is 12.7 Å². The Morgan fingerprint density at radius 3 is 2.62 bits per heavy atom. The fraction of sp³-hybridized carbons (Fsp3) is 0.750. The molecule has 0 aliphatic rings. The van der Waals surface area contributed by atoms with Gasteiger partial charge in [0.1, 0.15) is 0 Å². The third-order valence-corrected chi connectivity index (χ3v) is 0.779. The summed E-state index contributed by atoms with van der Waals surface area (Å²) in [6.45, 7) is 2.35. The largest absolute Gasteiger partial charge is 0.457 e. The van der Waals surface area contributed by atoms with Crippen molar-refractivity contribution >= 4 is 29.1 Å². The molecule has 0 saturated carbocycles. The molecule has 0 aliphatic carbocycles. The summed E-state index contributed by atoms with van der Waals surface area (Å²) < 4.78 is 9.26. The van der Waals surface area contributed by atoms with Gasteiger partial charge in [0.05, 0.1) is 6.61 Å². The minimum Gasteiger partial charge on any atom is -0.457 e. The van der Waals surface area contributed by atoms with E-state index in [2.05, 4.69) is 17.0 Å². The lowest BCUT2D eigenvalue weighted by Gasteiger charge is -2.01. The van der Waals surface area contributed by atoms with Crippen LogP contribution in [-0.4, -0.2) is 17.9 Å². The van der Waals surface area contributed by atoms with Gasteiger partial charge in [-0.15, -0.1) is 0 Å². The molecule has 0 aliphatic heterocycles. The van der Waals surface area contributed by atoms with Gasteiger partial charge >= 0.3 is 5.24 Å². The van der Waals surface area contributed by atoms with Crippen LogP contribution in [0.25, 0.3) is 0 Å². The third kappa shape index (κ3) is 4.15. The van der Waals surface area contributed by atoms with Gasteiger partial charge in [-0.25, -0.2) is 0 Å². The van der Waals surface area contributed by atoms with Crippen LogP contribution in [-0.2, 0) is 9.47 Å². The van der Waals surface area contributed by atoms with E-state index in [1.807, 2.05) is 6.92 Å². The highest BCUT2D eigenvalue weighted by molar-refractivity contribution is 7.79. The van der Waals surface area contributed by atoms with Gasteiger partial charge in [0.25, 0.3) is 0 Å². The summed E-state index contributed by atoms with van der Waals surface area (Å²) in [5.74, 6) is 0. The molecule has 4 heteroatoms. The van der Waals surface area contributed by atoms with Crippen LogP contribution in [0.15, 0.2) is 0 Å². The van der Waals surface area contributed by atoms with Crippen LogP contribution in [0.5, 0.6) is 0 Å². The number of hydrogen-bond donors (Lipinski definition) is 0. The summed E-state index contributed by atoms with van der Waals surface area (Å²) in [6, 6.07) is 0.0544. The van der Waals surface area contributed by atoms with Gasteiger partial charge in [0.2, 0.25) is 0 Å². The molecule has 0 bridgehead atoms. The predicted molar refractivity (Wildman–Crippen MR) is 36.0 cm³/mol. The molecule has 0 aromatic heterocycles. The number of hydrogen-bond acceptors (Lipinski definition) is 3. The van der Waals surface area contributed by atoms with Crippen LogP contribution in [0, 0.1) is 0 Å². The molecule has 0 unspecified atom stereocenters. The quantitative estimate of drug-likeness (QED) is 0.444. The Balaban J connectivity index is 3.06. The minimum atomic E-state index is 0.0544. The highest BCUT2D eigenvalue weighted by Crippen LogP contribution is 1.86. The van der Waals surface area contributed by atoms with Crippen molar-refractivity contribution < 1.29 is 9.47 Å². The van der Waals surface area contributed by atoms with E-state index in [4.69, 9.17) is 16.3 Å². The molecule has 0 rings (SSSR count). The highest BCUT2D eigenvalue weighted by Gasteiger charge is 1.90. The normalized spacial score (nSPS) is 8.25. The smallest absolute Gasteiger partial charge is 0.353 e. The van der Waals surface area contributed by atoms with Gasteiger partial charge in [-0.3, -0.25) is 0 Å². The molecule has 0 aromatic rings. The first-order chi connectivity index (χ1) is 3.81. The molecule has 0 N–H and O–H groups in total. The average molecular weight is 155 g/mol. The van der Waals surface area contributed by atoms with E-state index in [1.165, 1.54) is 0 Å². The fourth-order valence-corrected chi connectivity index (χ4v) is 0.545. The molecular formula is C4H7ClO2S. The molecule has 0 fully saturated rings. The van der Waals surface area contributed by atoms with Crippen molar-refractivity contribution in [1.29, 1.82) is 0 Å². The number of thiocarbonyl (C=S) groups is 1. The van der Waals surface area contributed by atoms with Gasteiger partial charge in [0, 0.05) is 12.2 Å². The van der Waals surface area contributed by atoms with Gasteiger partial charge in [-0.2, -0.15) is 0 Å². The summed E-state index contributed by atoms with van der Waals surface area (Å²) in [7, 11) is 0. The lowest BCUT2D eigenvalue weighted by Crippen LogP contribution is -2.04. The number of rotatable bonds is 2. The van der Waals surface area contributed by atoms with Crippen molar-refractivity contribution in [2.45, 2.75) is 6.92 Å². The zero-order valence-corrected chi connectivity index (χ0v) is 6.09. The first kappa shape index (κ1) is 7.98. The minimum absolute atomic E-state index is 0.0544. The lowest BCUT2D eigenvalue weighted by molar-refractivity contribution is 0.212. The summed E-state index contributed by atoms with van der Waals surface area (Å²) in [5.41, 5.74) is 0. The number of ether oxygens (including phenoxy) is 2. The van der Waals surface area contributed by atoms with Crippen molar-refractivity contribution in [2.24, 2.45) is 0 Å². The fourth-order valence-electron chi connectivity index (χ4n) is 0.204. The van der Waals surface area contributed by atoms with Gasteiger partial charge in [-0.05, 0) is 6.92 Å². The Labute approximate surface area is 58.7 Å². The van der Waals surface area contributed by atoms with Crippen LogP contribution in [0.3, 0.4) is 0 Å². The molecule has 0 amide bonds. The molecule has 0 saturated heterocycles. The van der Waals surface area contributed by atoms with E-state index in [0.717, 1.165) is 0 Å². The average Bonchev–Trinajstić information content (AvgIpc) is 1.68. The van der Waals surface area contributed by atoms with Gasteiger partial charge in [0.15, 0.2) is 6.07 Å². The molecule has 0 radical (unpaired) electrons. The lowest BCUT2D eigenvalue weighted by atomic mass is 10.9. The molecule has 0 atom stereocenters. The molecule has 0 aromatic carbocycles. The Bertz CT molecular complexity index is 68.4. The van der Waals surface area contributed by atoms with Gasteiger partial charge in [-0.1, -0.05) is 11.6 Å². The van der Waals surface area contributed by atoms with E-state index in [-0.39, 0.29) is 11.3 Å². The van der Waals surface area contributed by atoms with Crippen molar-refractivity contribution in [3.8, 4) is 0 Å². The first-order valence-electron chi connectivity index (χ1n) is 2.16. The SMILES string of the molecule is CCOC(=S)OCCl. The summed E-state index contributed by atoms with van der Waals surface area (Å²) >= 11 is 9.67. The molecule has 48 valence electrons. The van der Waals surface area contributed by atoms with Crippen molar-refractivity contribution in [3.63, 3.8) is 0 Å². The highest BCUT2D eigenvalue weighted by atomic mass is 35.5. The second kappa shape index (κ2) is 5.12. The number of alkyl halides is 1. The second-order valence-electron chi connectivity index (χ2n) is 0.936. The van der Waals surface area contributed by atoms with Crippen LogP contribution in [0.4, 0.5) is 0 Å². The summed E-state index contributed by atoms with van der Waals surface area (Å²) in [4.78, 5) is 0. The monoisotopic (exact) mass is 154 g/mol. The third-order valence-electron chi connectivity index (χ3n) is 0.435. The number of halogens is 1. The van der Waals surface area contributed by atoms with E-state index in [9.17, 15) is 0 Å². The molecular weight excluding hydrogens is 148 g/mol. The Kier molecular flexibility index (Phi) is 5.11. The van der Waals surface area contributed by atoms with E-state index >= 15 is 0 Å². The topological polar surface area (TPSA) is 18.5 Å². The maximum atomic E-state index is 5.14. The zero-order valence-electron chi connectivity index (χ0n) is 4.52. The van der Waals surface area contributed by atoms with Crippen molar-refractivity contribution in [1.82, 2.24) is 0 Å². The molecule has 0 heterocycles. The molecule has 0 spiro atoms. The van der Waals surface area contributed by atoms with Gasteiger partial charge < -0.3 is 9.47 Å². The maximum absolute atomic E-state index is 5.14. The van der Waals surface area contributed by atoms with E-state index in [1.54, 1.807) is 0 Å². The Morgan fingerprint density at radius 2 is 2.25 bits per heavy atom. The van der Waals surface area contributed by atoms with Crippen LogP contribution >= 0.6 is 23.8 Å². The van der Waals surface area contributed by atoms with Crippen LogP contribution < -0.4 is 0 Å². The van der Waals surface area contributed by atoms with Crippen LogP contribution in [0.1, 0.15) is 6.92 Å². The second-order valence-corrected chi connectivity index (χ2v) is 1.49. The Hall–Kier alpha value is -0.0200. The molecule has 2 nitrogen and oxygen atoms in total. The standard InChI is InChI=1S/C4H7ClO2S/c1-2-6-4(8)7-3-5/h2-3H2,1H3. The zero-order chi connectivity index (χ0) is 6.41. The molecule has 8 heavy (non-hydrogen) atoms.